The topological polar surface area (TPSA) is 49.6 Å². The maximum absolute atomic E-state index is 13.5. The molecule has 98 valence electrons. The third-order valence-electron chi connectivity index (χ3n) is 3.31. The molecule has 2 rings (SSSR count). The number of likely N-dealkylation sites (N-methyl/N-ethyl adjacent to an activating group) is 1. The minimum absolute atomic E-state index is 0.385. The molecule has 1 saturated heterocycles. The Bertz CT molecular complexity index is 445. The molecule has 0 spiro atoms. The van der Waals surface area contributed by atoms with E-state index in [1.165, 1.54) is 6.07 Å². The van der Waals surface area contributed by atoms with Crippen molar-refractivity contribution in [2.24, 2.45) is 0 Å². The van der Waals surface area contributed by atoms with Crippen LogP contribution in [0.25, 0.3) is 0 Å². The van der Waals surface area contributed by atoms with Crippen molar-refractivity contribution in [1.82, 2.24) is 4.90 Å². The van der Waals surface area contributed by atoms with Crippen LogP contribution in [0.2, 0.25) is 0 Å². The van der Waals surface area contributed by atoms with Gasteiger partial charge in [0.1, 0.15) is 5.69 Å². The first-order valence-corrected chi connectivity index (χ1v) is 6.03. The molecule has 0 unspecified atom stereocenters. The first kappa shape index (κ1) is 12.8. The summed E-state index contributed by atoms with van der Waals surface area (Å²) >= 11 is 0. The first-order chi connectivity index (χ1) is 8.63. The monoisotopic (exact) mass is 253 g/mol. The predicted molar refractivity (Wildman–Crippen MR) is 67.4 cm³/mol. The second-order valence-corrected chi connectivity index (χ2v) is 4.29. The van der Waals surface area contributed by atoms with Crippen LogP contribution in [0.1, 0.15) is 6.92 Å². The summed E-state index contributed by atoms with van der Waals surface area (Å²) in [5, 5.41) is 10.9. The van der Waals surface area contributed by atoms with E-state index in [1.54, 1.807) is 6.07 Å². The van der Waals surface area contributed by atoms with Gasteiger partial charge in [0.25, 0.3) is 0 Å². The van der Waals surface area contributed by atoms with Crippen molar-refractivity contribution >= 4 is 11.4 Å². The van der Waals surface area contributed by atoms with Crippen LogP contribution in [0, 0.1) is 15.9 Å². The third kappa shape index (κ3) is 2.43. The summed E-state index contributed by atoms with van der Waals surface area (Å²) in [4.78, 5) is 14.4. The smallest absolute Gasteiger partial charge is 0.327 e. The highest BCUT2D eigenvalue weighted by atomic mass is 19.1. The number of anilines is 1. The van der Waals surface area contributed by atoms with Crippen LogP contribution < -0.4 is 4.90 Å². The average molecular weight is 253 g/mol. The molecule has 0 atom stereocenters. The standard InChI is InChI=1S/C12H16FN3O2/c1-2-14-6-8-15(9-7-14)11-5-3-4-10(13)12(11)16(17)18/h3-5H,2,6-9H2,1H3. The summed E-state index contributed by atoms with van der Waals surface area (Å²) in [6, 6.07) is 4.26. The van der Waals surface area contributed by atoms with E-state index >= 15 is 0 Å². The van der Waals surface area contributed by atoms with Gasteiger partial charge in [-0.3, -0.25) is 10.1 Å². The van der Waals surface area contributed by atoms with Crippen LogP contribution in [0.15, 0.2) is 18.2 Å². The highest BCUT2D eigenvalue weighted by Crippen LogP contribution is 2.31. The number of benzene rings is 1. The Morgan fingerprint density at radius 3 is 2.56 bits per heavy atom. The Morgan fingerprint density at radius 2 is 2.00 bits per heavy atom. The summed E-state index contributed by atoms with van der Waals surface area (Å²) in [5.74, 6) is -0.768. The van der Waals surface area contributed by atoms with Gasteiger partial charge in [0.05, 0.1) is 4.92 Å². The second kappa shape index (κ2) is 5.30. The van der Waals surface area contributed by atoms with Gasteiger partial charge in [-0.05, 0) is 18.7 Å². The van der Waals surface area contributed by atoms with Gasteiger partial charge in [0.15, 0.2) is 0 Å². The zero-order valence-corrected chi connectivity index (χ0v) is 10.3. The number of hydrogen-bond donors (Lipinski definition) is 0. The van der Waals surface area contributed by atoms with Crippen molar-refractivity contribution in [3.8, 4) is 0 Å². The minimum Gasteiger partial charge on any atom is -0.363 e. The van der Waals surface area contributed by atoms with E-state index in [0.29, 0.717) is 18.8 Å². The van der Waals surface area contributed by atoms with Crippen LogP contribution in [-0.2, 0) is 0 Å². The second-order valence-electron chi connectivity index (χ2n) is 4.29. The van der Waals surface area contributed by atoms with Crippen LogP contribution in [-0.4, -0.2) is 42.5 Å². The largest absolute Gasteiger partial charge is 0.363 e. The number of rotatable bonds is 3. The fraction of sp³-hybridized carbons (Fsp3) is 0.500. The summed E-state index contributed by atoms with van der Waals surface area (Å²) in [6.45, 7) is 6.14. The summed E-state index contributed by atoms with van der Waals surface area (Å²) in [6.07, 6.45) is 0. The Balaban J connectivity index is 2.24. The Labute approximate surface area is 105 Å². The van der Waals surface area contributed by atoms with Crippen LogP contribution in [0.5, 0.6) is 0 Å². The molecule has 1 aliphatic heterocycles. The van der Waals surface area contributed by atoms with E-state index in [4.69, 9.17) is 0 Å². The number of para-hydroxylation sites is 1. The van der Waals surface area contributed by atoms with E-state index in [1.807, 2.05) is 4.90 Å². The van der Waals surface area contributed by atoms with Gasteiger partial charge in [-0.25, -0.2) is 0 Å². The van der Waals surface area contributed by atoms with Crippen LogP contribution in [0.4, 0.5) is 15.8 Å². The van der Waals surface area contributed by atoms with Gasteiger partial charge in [-0.15, -0.1) is 0 Å². The molecule has 0 amide bonds. The van der Waals surface area contributed by atoms with E-state index in [9.17, 15) is 14.5 Å². The van der Waals surface area contributed by atoms with Gasteiger partial charge in [0, 0.05) is 26.2 Å². The summed E-state index contributed by atoms with van der Waals surface area (Å²) in [5.41, 5.74) is -0.0294. The predicted octanol–water partition coefficient (Wildman–Crippen LogP) is 1.88. The quantitative estimate of drug-likeness (QED) is 0.609. The van der Waals surface area contributed by atoms with Gasteiger partial charge in [-0.2, -0.15) is 4.39 Å². The summed E-state index contributed by atoms with van der Waals surface area (Å²) < 4.78 is 13.5. The van der Waals surface area contributed by atoms with Gasteiger partial charge >= 0.3 is 5.69 Å². The zero-order valence-electron chi connectivity index (χ0n) is 10.3. The molecule has 1 aromatic carbocycles. The fourth-order valence-electron chi connectivity index (χ4n) is 2.24. The number of nitrogens with zero attached hydrogens (tertiary/aromatic N) is 3. The molecule has 0 radical (unpaired) electrons. The lowest BCUT2D eigenvalue weighted by atomic mass is 10.2. The van der Waals surface area contributed by atoms with Crippen molar-refractivity contribution in [2.75, 3.05) is 37.6 Å². The molecule has 6 heteroatoms. The molecule has 1 heterocycles. The van der Waals surface area contributed by atoms with Crippen molar-refractivity contribution in [1.29, 1.82) is 0 Å². The number of nitro benzene ring substituents is 1. The molecular formula is C12H16FN3O2. The molecule has 0 bridgehead atoms. The lowest BCUT2D eigenvalue weighted by molar-refractivity contribution is -0.386. The molecule has 1 fully saturated rings. The molecule has 0 aromatic heterocycles. The Morgan fingerprint density at radius 1 is 1.33 bits per heavy atom. The lowest BCUT2D eigenvalue weighted by Gasteiger charge is -2.35. The first-order valence-electron chi connectivity index (χ1n) is 6.03. The normalized spacial score (nSPS) is 16.9. The van der Waals surface area contributed by atoms with Crippen LogP contribution in [0.3, 0.4) is 0 Å². The van der Waals surface area contributed by atoms with Gasteiger partial charge in [0.2, 0.25) is 5.82 Å². The van der Waals surface area contributed by atoms with Crippen molar-refractivity contribution in [3.63, 3.8) is 0 Å². The molecular weight excluding hydrogens is 237 g/mol. The molecule has 1 aliphatic rings. The third-order valence-corrected chi connectivity index (χ3v) is 3.31. The SMILES string of the molecule is CCN1CCN(c2cccc(F)c2[N+](=O)[O-])CC1. The van der Waals surface area contributed by atoms with Crippen LogP contribution >= 0.6 is 0 Å². The zero-order chi connectivity index (χ0) is 13.1. The van der Waals surface area contributed by atoms with E-state index in [2.05, 4.69) is 11.8 Å². The summed E-state index contributed by atoms with van der Waals surface area (Å²) in [7, 11) is 0. The Kier molecular flexibility index (Phi) is 3.76. The highest BCUT2D eigenvalue weighted by Gasteiger charge is 2.26. The Hall–Kier alpha value is -1.69. The molecule has 0 N–H and O–H groups in total. The van der Waals surface area contributed by atoms with E-state index < -0.39 is 16.4 Å². The number of piperazine rings is 1. The molecule has 1 aromatic rings. The average Bonchev–Trinajstić information content (AvgIpc) is 2.38. The molecule has 0 aliphatic carbocycles. The van der Waals surface area contributed by atoms with E-state index in [-0.39, 0.29) is 0 Å². The van der Waals surface area contributed by atoms with Gasteiger partial charge < -0.3 is 9.80 Å². The number of halogens is 1. The maximum atomic E-state index is 13.5. The fourth-order valence-corrected chi connectivity index (χ4v) is 2.24. The molecule has 0 saturated carbocycles. The van der Waals surface area contributed by atoms with Crippen molar-refractivity contribution in [3.05, 3.63) is 34.1 Å². The molecule has 5 nitrogen and oxygen atoms in total. The van der Waals surface area contributed by atoms with Crippen molar-refractivity contribution in [2.45, 2.75) is 6.92 Å². The molecule has 18 heavy (non-hydrogen) atoms. The van der Waals surface area contributed by atoms with Crippen molar-refractivity contribution < 1.29 is 9.31 Å². The van der Waals surface area contributed by atoms with Gasteiger partial charge in [-0.1, -0.05) is 13.0 Å². The lowest BCUT2D eigenvalue weighted by Crippen LogP contribution is -2.46. The maximum Gasteiger partial charge on any atom is 0.327 e. The van der Waals surface area contributed by atoms with E-state index in [0.717, 1.165) is 25.7 Å². The number of nitro groups is 1. The minimum atomic E-state index is -0.768. The highest BCUT2D eigenvalue weighted by molar-refractivity contribution is 5.64. The number of hydrogen-bond acceptors (Lipinski definition) is 4.